The molecule has 0 amide bonds. The molecule has 4 nitrogen and oxygen atoms in total. The molecular weight excluding hydrogens is 266 g/mol. The van der Waals surface area contributed by atoms with Gasteiger partial charge in [-0.2, -0.15) is 0 Å². The molecule has 0 heterocycles. The molecule has 1 aliphatic carbocycles. The first kappa shape index (κ1) is 15.5. The van der Waals surface area contributed by atoms with Crippen LogP contribution in [0.3, 0.4) is 0 Å². The Labute approximate surface area is 125 Å². The quantitative estimate of drug-likeness (QED) is 0.655. The largest absolute Gasteiger partial charge is 0.480 e. The lowest BCUT2D eigenvalue weighted by Crippen LogP contribution is -2.45. The highest BCUT2D eigenvalue weighted by atomic mass is 16.5. The van der Waals surface area contributed by atoms with Crippen molar-refractivity contribution in [2.45, 2.75) is 39.7 Å². The maximum atomic E-state index is 11.8. The number of nitrogens with one attached hydrogen (secondary N) is 1. The van der Waals surface area contributed by atoms with Crippen LogP contribution >= 0.6 is 0 Å². The maximum Gasteiger partial charge on any atom is 0.319 e. The van der Waals surface area contributed by atoms with E-state index >= 15 is 0 Å². The van der Waals surface area contributed by atoms with Crippen LogP contribution in [0, 0.1) is 22.7 Å². The first-order valence-electron chi connectivity index (χ1n) is 7.43. The first-order valence-corrected chi connectivity index (χ1v) is 7.43. The number of hydrogen-bond acceptors (Lipinski definition) is 3. The summed E-state index contributed by atoms with van der Waals surface area (Å²) in [7, 11) is 0. The monoisotopic (exact) mass is 289 g/mol. The minimum Gasteiger partial charge on any atom is -0.480 e. The average molecular weight is 289 g/mol. The van der Waals surface area contributed by atoms with E-state index < -0.39 is 11.4 Å². The van der Waals surface area contributed by atoms with Crippen molar-refractivity contribution in [2.75, 3.05) is 0 Å². The van der Waals surface area contributed by atoms with Crippen LogP contribution in [-0.4, -0.2) is 17.0 Å². The van der Waals surface area contributed by atoms with Crippen LogP contribution < -0.4 is 0 Å². The van der Waals surface area contributed by atoms with Crippen molar-refractivity contribution in [3.63, 3.8) is 0 Å². The summed E-state index contributed by atoms with van der Waals surface area (Å²) < 4.78 is 5.53. The Morgan fingerprint density at radius 2 is 1.86 bits per heavy atom. The molecule has 0 radical (unpaired) electrons. The molecule has 0 aromatic heterocycles. The van der Waals surface area contributed by atoms with Gasteiger partial charge < -0.3 is 9.84 Å². The second-order valence-corrected chi connectivity index (χ2v) is 6.34. The van der Waals surface area contributed by atoms with Crippen LogP contribution in [0.25, 0.3) is 0 Å². The average Bonchev–Trinajstić information content (AvgIpc) is 2.44. The van der Waals surface area contributed by atoms with Crippen LogP contribution in [0.4, 0.5) is 0 Å². The van der Waals surface area contributed by atoms with Crippen molar-refractivity contribution in [3.05, 3.63) is 35.9 Å². The summed E-state index contributed by atoms with van der Waals surface area (Å²) in [5.74, 6) is -0.438. The van der Waals surface area contributed by atoms with E-state index in [0.717, 1.165) is 12.0 Å². The molecule has 1 aromatic carbocycles. The summed E-state index contributed by atoms with van der Waals surface area (Å²) in [6, 6.07) is 9.54. The van der Waals surface area contributed by atoms with Gasteiger partial charge in [-0.25, -0.2) is 0 Å². The Hall–Kier alpha value is -1.84. The normalized spacial score (nSPS) is 28.9. The Morgan fingerprint density at radius 1 is 1.29 bits per heavy atom. The van der Waals surface area contributed by atoms with Gasteiger partial charge in [-0.15, -0.1) is 0 Å². The minimum absolute atomic E-state index is 0.0998. The smallest absolute Gasteiger partial charge is 0.319 e. The predicted molar refractivity (Wildman–Crippen MR) is 81.2 cm³/mol. The third-order valence-electron chi connectivity index (χ3n) is 4.27. The van der Waals surface area contributed by atoms with Gasteiger partial charge in [-0.1, -0.05) is 44.2 Å². The van der Waals surface area contributed by atoms with Gasteiger partial charge in [-0.05, 0) is 36.7 Å². The molecule has 0 saturated heterocycles. The number of carboxylic acid groups (broad SMARTS) is 1. The topological polar surface area (TPSA) is 70.4 Å². The van der Waals surface area contributed by atoms with Crippen LogP contribution in [0.1, 0.15) is 38.7 Å². The van der Waals surface area contributed by atoms with Crippen molar-refractivity contribution in [1.82, 2.24) is 0 Å². The number of carbonyl (C=O) groups is 1. The Balaban J connectivity index is 2.11. The molecule has 1 aromatic rings. The van der Waals surface area contributed by atoms with Crippen molar-refractivity contribution in [2.24, 2.45) is 17.3 Å². The zero-order valence-corrected chi connectivity index (χ0v) is 12.6. The van der Waals surface area contributed by atoms with E-state index in [1.54, 1.807) is 0 Å². The summed E-state index contributed by atoms with van der Waals surface area (Å²) in [4.78, 5) is 11.8. The lowest BCUT2D eigenvalue weighted by atomic mass is 9.66. The van der Waals surface area contributed by atoms with E-state index in [2.05, 4.69) is 13.8 Å². The molecule has 21 heavy (non-hydrogen) atoms. The molecule has 0 spiro atoms. The molecule has 1 saturated carbocycles. The second-order valence-electron chi connectivity index (χ2n) is 6.34. The fraction of sp³-hybridized carbons (Fsp3) is 0.529. The lowest BCUT2D eigenvalue weighted by molar-refractivity contribution is -0.149. The van der Waals surface area contributed by atoms with Gasteiger partial charge in [0.15, 0.2) is 5.90 Å². The fourth-order valence-corrected chi connectivity index (χ4v) is 3.45. The minimum atomic E-state index is -1.16. The Bertz CT molecular complexity index is 502. The summed E-state index contributed by atoms with van der Waals surface area (Å²) >= 11 is 0. The number of carboxylic acids is 1. The zero-order chi connectivity index (χ0) is 15.5. The zero-order valence-electron chi connectivity index (χ0n) is 12.6. The van der Waals surface area contributed by atoms with Gasteiger partial charge in [-0.3, -0.25) is 10.2 Å². The maximum absolute atomic E-state index is 11.8. The first-order chi connectivity index (χ1) is 9.94. The number of aliphatic carboxylic acids is 1. The highest BCUT2D eigenvalue weighted by Crippen LogP contribution is 2.43. The van der Waals surface area contributed by atoms with E-state index in [-0.39, 0.29) is 12.5 Å². The second kappa shape index (κ2) is 6.29. The third kappa shape index (κ3) is 3.43. The van der Waals surface area contributed by atoms with E-state index in [0.29, 0.717) is 24.7 Å². The summed E-state index contributed by atoms with van der Waals surface area (Å²) in [6.45, 7) is 4.35. The van der Waals surface area contributed by atoms with Gasteiger partial charge in [0.1, 0.15) is 12.0 Å². The van der Waals surface area contributed by atoms with Crippen molar-refractivity contribution in [3.8, 4) is 0 Å². The number of ether oxygens (including phenoxy) is 1. The van der Waals surface area contributed by atoms with Gasteiger partial charge in [0, 0.05) is 0 Å². The molecular formula is C17H23NO3. The molecule has 0 bridgehead atoms. The molecule has 1 fully saturated rings. The van der Waals surface area contributed by atoms with Gasteiger partial charge >= 0.3 is 5.97 Å². The third-order valence-corrected chi connectivity index (χ3v) is 4.27. The van der Waals surface area contributed by atoms with Gasteiger partial charge in [0.2, 0.25) is 0 Å². The van der Waals surface area contributed by atoms with Crippen molar-refractivity contribution < 1.29 is 14.6 Å². The summed E-state index contributed by atoms with van der Waals surface area (Å²) in [5.41, 5.74) is -0.217. The van der Waals surface area contributed by atoms with Gasteiger partial charge in [0.25, 0.3) is 0 Å². The lowest BCUT2D eigenvalue weighted by Gasteiger charge is -2.39. The molecule has 2 rings (SSSR count). The molecule has 4 heteroatoms. The van der Waals surface area contributed by atoms with Crippen molar-refractivity contribution >= 4 is 11.9 Å². The molecule has 0 aliphatic heterocycles. The number of hydrogen-bond donors (Lipinski definition) is 2. The van der Waals surface area contributed by atoms with Crippen LogP contribution in [-0.2, 0) is 16.1 Å². The van der Waals surface area contributed by atoms with E-state index in [9.17, 15) is 9.90 Å². The molecule has 1 unspecified atom stereocenters. The molecule has 1 aliphatic rings. The highest BCUT2D eigenvalue weighted by Gasteiger charge is 2.49. The molecule has 2 N–H and O–H groups in total. The van der Waals surface area contributed by atoms with E-state index in [4.69, 9.17) is 10.1 Å². The SMILES string of the molecule is C[C@@H]1C[C@H](C)CC(C(=N)OCc2ccccc2)(C(=O)O)C1. The van der Waals surface area contributed by atoms with E-state index in [1.807, 2.05) is 30.3 Å². The Kier molecular flexibility index (Phi) is 4.66. The summed E-state index contributed by atoms with van der Waals surface area (Å²) in [6.07, 6.45) is 1.99. The van der Waals surface area contributed by atoms with Crippen LogP contribution in [0.2, 0.25) is 0 Å². The number of benzene rings is 1. The van der Waals surface area contributed by atoms with Crippen LogP contribution in [0.5, 0.6) is 0 Å². The summed E-state index contributed by atoms with van der Waals surface area (Å²) in [5, 5.41) is 17.9. The number of rotatable bonds is 4. The fourth-order valence-electron chi connectivity index (χ4n) is 3.45. The Morgan fingerprint density at radius 3 is 2.38 bits per heavy atom. The standard InChI is InChI=1S/C17H23NO3/c1-12-8-13(2)10-17(9-12,16(19)20)15(18)21-11-14-6-4-3-5-7-14/h3-7,12-13,18H,8-11H2,1-2H3,(H,19,20)/t12-,13+,17?. The van der Waals surface area contributed by atoms with Crippen molar-refractivity contribution in [1.29, 1.82) is 5.41 Å². The van der Waals surface area contributed by atoms with Crippen LogP contribution in [0.15, 0.2) is 30.3 Å². The van der Waals surface area contributed by atoms with E-state index in [1.165, 1.54) is 0 Å². The molecule has 3 atom stereocenters. The predicted octanol–water partition coefficient (Wildman–Crippen LogP) is 3.71. The van der Waals surface area contributed by atoms with Gasteiger partial charge in [0.05, 0.1) is 0 Å². The highest BCUT2D eigenvalue weighted by molar-refractivity contribution is 6.00. The molecule has 114 valence electrons.